The number of nitrogens with one attached hydrogen (secondary N) is 1. The summed E-state index contributed by atoms with van der Waals surface area (Å²) in [6, 6.07) is 15.5. The van der Waals surface area contributed by atoms with E-state index in [0.717, 1.165) is 22.4 Å². The summed E-state index contributed by atoms with van der Waals surface area (Å²) in [6.45, 7) is 4.28. The molecule has 122 valence electrons. The highest BCUT2D eigenvalue weighted by molar-refractivity contribution is 6.31. The number of nitrogens with zero attached hydrogens (tertiary/aromatic N) is 2. The maximum Gasteiger partial charge on any atom is 0.240 e. The van der Waals surface area contributed by atoms with E-state index in [-0.39, 0.29) is 12.5 Å². The van der Waals surface area contributed by atoms with Crippen molar-refractivity contribution >= 4 is 28.5 Å². The molecule has 0 fully saturated rings. The SMILES string of the molecule is C=CCNC(=O)Cn1c(Cc2ccccc2Cl)nc2ccccc21. The Morgan fingerprint density at radius 1 is 1.21 bits per heavy atom. The van der Waals surface area contributed by atoms with Gasteiger partial charge in [-0.05, 0) is 23.8 Å². The first kappa shape index (κ1) is 16.3. The molecule has 1 heterocycles. The molecule has 4 nitrogen and oxygen atoms in total. The monoisotopic (exact) mass is 339 g/mol. The number of hydrogen-bond donors (Lipinski definition) is 1. The number of aromatic nitrogens is 2. The minimum absolute atomic E-state index is 0.0709. The number of fused-ring (bicyclic) bond motifs is 1. The Kier molecular flexibility index (Phi) is 4.96. The minimum Gasteiger partial charge on any atom is -0.351 e. The zero-order valence-electron chi connectivity index (χ0n) is 13.2. The highest BCUT2D eigenvalue weighted by atomic mass is 35.5. The molecular formula is C19H18ClN3O. The van der Waals surface area contributed by atoms with Gasteiger partial charge >= 0.3 is 0 Å². The van der Waals surface area contributed by atoms with Crippen molar-refractivity contribution in [3.05, 3.63) is 77.6 Å². The molecule has 0 atom stereocenters. The van der Waals surface area contributed by atoms with Gasteiger partial charge < -0.3 is 9.88 Å². The lowest BCUT2D eigenvalue weighted by atomic mass is 10.1. The summed E-state index contributed by atoms with van der Waals surface area (Å²) in [7, 11) is 0. The highest BCUT2D eigenvalue weighted by Crippen LogP contribution is 2.22. The summed E-state index contributed by atoms with van der Waals surface area (Å²) in [5, 5.41) is 3.51. The highest BCUT2D eigenvalue weighted by Gasteiger charge is 2.14. The van der Waals surface area contributed by atoms with Gasteiger partial charge in [-0.3, -0.25) is 4.79 Å². The Morgan fingerprint density at radius 2 is 1.96 bits per heavy atom. The zero-order chi connectivity index (χ0) is 16.9. The first-order valence-corrected chi connectivity index (χ1v) is 8.12. The molecule has 1 aromatic heterocycles. The Labute approximate surface area is 145 Å². The quantitative estimate of drug-likeness (QED) is 0.698. The summed E-state index contributed by atoms with van der Waals surface area (Å²) in [5.74, 6) is 0.747. The lowest BCUT2D eigenvalue weighted by Gasteiger charge is -2.10. The Bertz CT molecular complexity index is 885. The van der Waals surface area contributed by atoms with E-state index in [2.05, 4.69) is 16.9 Å². The number of imidazole rings is 1. The number of carbonyl (C=O) groups is 1. The van der Waals surface area contributed by atoms with Gasteiger partial charge in [0.15, 0.2) is 0 Å². The predicted molar refractivity (Wildman–Crippen MR) is 97.2 cm³/mol. The van der Waals surface area contributed by atoms with Crippen molar-refractivity contribution in [3.8, 4) is 0 Å². The zero-order valence-corrected chi connectivity index (χ0v) is 14.0. The standard InChI is InChI=1S/C19H18ClN3O/c1-2-11-21-19(24)13-23-17-10-6-5-9-16(17)22-18(23)12-14-7-3-4-8-15(14)20/h2-10H,1,11-13H2,(H,21,24). The van der Waals surface area contributed by atoms with Crippen LogP contribution in [0.4, 0.5) is 0 Å². The largest absolute Gasteiger partial charge is 0.351 e. The van der Waals surface area contributed by atoms with E-state index in [1.165, 1.54) is 0 Å². The average molecular weight is 340 g/mol. The molecular weight excluding hydrogens is 322 g/mol. The molecule has 0 unspecified atom stereocenters. The fraction of sp³-hybridized carbons (Fsp3) is 0.158. The topological polar surface area (TPSA) is 46.9 Å². The van der Waals surface area contributed by atoms with Gasteiger partial charge in [-0.2, -0.15) is 0 Å². The van der Waals surface area contributed by atoms with Crippen LogP contribution < -0.4 is 5.32 Å². The molecule has 5 heteroatoms. The van der Waals surface area contributed by atoms with Crippen LogP contribution in [0.3, 0.4) is 0 Å². The van der Waals surface area contributed by atoms with Gasteiger partial charge in [-0.15, -0.1) is 6.58 Å². The van der Waals surface area contributed by atoms with Crippen LogP contribution in [0.15, 0.2) is 61.2 Å². The third kappa shape index (κ3) is 3.49. The van der Waals surface area contributed by atoms with Crippen LogP contribution in [0.1, 0.15) is 11.4 Å². The lowest BCUT2D eigenvalue weighted by Crippen LogP contribution is -2.28. The number of rotatable bonds is 6. The van der Waals surface area contributed by atoms with Gasteiger partial charge in [0.25, 0.3) is 0 Å². The van der Waals surface area contributed by atoms with Crippen molar-refractivity contribution in [3.63, 3.8) is 0 Å². The Morgan fingerprint density at radius 3 is 2.75 bits per heavy atom. The minimum atomic E-state index is -0.0709. The number of halogens is 1. The van der Waals surface area contributed by atoms with Crippen LogP contribution >= 0.6 is 11.6 Å². The molecule has 3 aromatic rings. The average Bonchev–Trinajstić information content (AvgIpc) is 2.92. The van der Waals surface area contributed by atoms with Crippen LogP contribution in [0.25, 0.3) is 11.0 Å². The van der Waals surface area contributed by atoms with Crippen LogP contribution in [-0.2, 0) is 17.8 Å². The first-order valence-electron chi connectivity index (χ1n) is 7.74. The number of para-hydroxylation sites is 2. The molecule has 24 heavy (non-hydrogen) atoms. The number of amides is 1. The third-order valence-corrected chi connectivity index (χ3v) is 4.15. The van der Waals surface area contributed by atoms with Crippen molar-refractivity contribution in [1.29, 1.82) is 0 Å². The molecule has 0 aliphatic carbocycles. The van der Waals surface area contributed by atoms with Crippen LogP contribution in [0.5, 0.6) is 0 Å². The van der Waals surface area contributed by atoms with E-state index in [1.807, 2.05) is 53.1 Å². The van der Waals surface area contributed by atoms with Crippen LogP contribution in [-0.4, -0.2) is 22.0 Å². The second-order valence-electron chi connectivity index (χ2n) is 5.46. The van der Waals surface area contributed by atoms with E-state index in [0.29, 0.717) is 18.0 Å². The normalized spacial score (nSPS) is 10.7. The van der Waals surface area contributed by atoms with Crippen LogP contribution in [0.2, 0.25) is 5.02 Å². The van der Waals surface area contributed by atoms with Crippen molar-refractivity contribution < 1.29 is 4.79 Å². The fourth-order valence-corrected chi connectivity index (χ4v) is 2.84. The second kappa shape index (κ2) is 7.32. The lowest BCUT2D eigenvalue weighted by molar-refractivity contribution is -0.121. The van der Waals surface area contributed by atoms with Gasteiger partial charge in [0.05, 0.1) is 11.0 Å². The molecule has 1 amide bonds. The van der Waals surface area contributed by atoms with Gasteiger partial charge in [0.1, 0.15) is 12.4 Å². The van der Waals surface area contributed by atoms with E-state index in [1.54, 1.807) is 6.08 Å². The van der Waals surface area contributed by atoms with E-state index >= 15 is 0 Å². The summed E-state index contributed by atoms with van der Waals surface area (Å²) in [5.41, 5.74) is 2.80. The Balaban J connectivity index is 1.97. The molecule has 0 aliphatic rings. The first-order chi connectivity index (χ1) is 11.7. The number of hydrogen-bond acceptors (Lipinski definition) is 2. The van der Waals surface area contributed by atoms with Crippen molar-refractivity contribution in [2.24, 2.45) is 0 Å². The molecule has 0 radical (unpaired) electrons. The maximum atomic E-state index is 12.2. The molecule has 3 rings (SSSR count). The van der Waals surface area contributed by atoms with Gasteiger partial charge in [-0.1, -0.05) is 48.0 Å². The Hall–Kier alpha value is -2.59. The molecule has 1 N–H and O–H groups in total. The smallest absolute Gasteiger partial charge is 0.240 e. The predicted octanol–water partition coefficient (Wildman–Crippen LogP) is 3.58. The second-order valence-corrected chi connectivity index (χ2v) is 5.87. The van der Waals surface area contributed by atoms with E-state index < -0.39 is 0 Å². The van der Waals surface area contributed by atoms with Crippen molar-refractivity contribution in [1.82, 2.24) is 14.9 Å². The molecule has 0 bridgehead atoms. The number of carbonyl (C=O) groups excluding carboxylic acids is 1. The molecule has 0 spiro atoms. The van der Waals surface area contributed by atoms with Crippen molar-refractivity contribution in [2.75, 3.05) is 6.54 Å². The summed E-state index contributed by atoms with van der Waals surface area (Å²) < 4.78 is 1.94. The maximum absolute atomic E-state index is 12.2. The molecule has 0 aliphatic heterocycles. The van der Waals surface area contributed by atoms with Crippen LogP contribution in [0, 0.1) is 0 Å². The van der Waals surface area contributed by atoms with E-state index in [4.69, 9.17) is 11.6 Å². The summed E-state index contributed by atoms with van der Waals surface area (Å²) in [6.07, 6.45) is 2.23. The summed E-state index contributed by atoms with van der Waals surface area (Å²) in [4.78, 5) is 16.8. The van der Waals surface area contributed by atoms with E-state index in [9.17, 15) is 4.79 Å². The van der Waals surface area contributed by atoms with Gasteiger partial charge in [0.2, 0.25) is 5.91 Å². The molecule has 0 saturated carbocycles. The fourth-order valence-electron chi connectivity index (χ4n) is 2.63. The van der Waals surface area contributed by atoms with Gasteiger partial charge in [-0.25, -0.2) is 4.98 Å². The van der Waals surface area contributed by atoms with Gasteiger partial charge in [0, 0.05) is 18.0 Å². The van der Waals surface area contributed by atoms with Crippen molar-refractivity contribution in [2.45, 2.75) is 13.0 Å². The summed E-state index contributed by atoms with van der Waals surface area (Å²) >= 11 is 6.27. The number of benzene rings is 2. The molecule has 2 aromatic carbocycles. The molecule has 0 saturated heterocycles. The third-order valence-electron chi connectivity index (χ3n) is 3.79.